The zero-order valence-corrected chi connectivity index (χ0v) is 13.6. The van der Waals surface area contributed by atoms with Gasteiger partial charge in [-0.05, 0) is 46.1 Å². The molecule has 0 aliphatic carbocycles. The predicted octanol–water partition coefficient (Wildman–Crippen LogP) is 3.16. The molecule has 1 aromatic rings. The molecule has 4 nitrogen and oxygen atoms in total. The quantitative estimate of drug-likeness (QED) is 0.876. The third-order valence-corrected chi connectivity index (χ3v) is 3.03. The number of aryl methyl sites for hydroxylation is 1. The molecule has 0 bridgehead atoms. The summed E-state index contributed by atoms with van der Waals surface area (Å²) in [6, 6.07) is 8.30. The van der Waals surface area contributed by atoms with E-state index < -0.39 is 5.60 Å². The van der Waals surface area contributed by atoms with Gasteiger partial charge in [-0.1, -0.05) is 29.8 Å². The fraction of sp³-hybridized carbons (Fsp3) is 0.588. The zero-order chi connectivity index (χ0) is 15.9. The van der Waals surface area contributed by atoms with Gasteiger partial charge >= 0.3 is 6.09 Å². The van der Waals surface area contributed by atoms with E-state index in [0.29, 0.717) is 19.5 Å². The molecule has 0 aliphatic rings. The lowest BCUT2D eigenvalue weighted by Gasteiger charge is -2.27. The summed E-state index contributed by atoms with van der Waals surface area (Å²) in [6.45, 7) is 8.80. The van der Waals surface area contributed by atoms with Gasteiger partial charge in [0, 0.05) is 19.7 Å². The number of nitrogens with zero attached hydrogens (tertiary/aromatic N) is 1. The van der Waals surface area contributed by atoms with Gasteiger partial charge in [0.1, 0.15) is 5.60 Å². The minimum absolute atomic E-state index is 0.0732. The molecule has 21 heavy (non-hydrogen) atoms. The second kappa shape index (κ2) is 8.03. The normalized spacial score (nSPS) is 11.3. The Bertz CT molecular complexity index is 434. The van der Waals surface area contributed by atoms with Crippen molar-refractivity contribution in [2.24, 2.45) is 0 Å². The lowest BCUT2D eigenvalue weighted by atomic mass is 10.1. The van der Waals surface area contributed by atoms with Crippen LogP contribution in [0.3, 0.4) is 0 Å². The number of aliphatic hydroxyl groups excluding tert-OH is 1. The Kier molecular flexibility index (Phi) is 6.69. The van der Waals surface area contributed by atoms with Gasteiger partial charge in [-0.3, -0.25) is 0 Å². The first-order chi connectivity index (χ1) is 9.81. The van der Waals surface area contributed by atoms with Crippen molar-refractivity contribution in [3.8, 4) is 0 Å². The maximum atomic E-state index is 12.2. The molecular formula is C17H27NO3. The highest BCUT2D eigenvalue weighted by Crippen LogP contribution is 2.11. The van der Waals surface area contributed by atoms with Crippen molar-refractivity contribution in [2.75, 3.05) is 19.7 Å². The molecule has 0 saturated carbocycles. The first-order valence-corrected chi connectivity index (χ1v) is 7.46. The molecule has 0 saturated heterocycles. The van der Waals surface area contributed by atoms with Gasteiger partial charge in [0.2, 0.25) is 0 Å². The molecule has 1 N–H and O–H groups in total. The molecule has 0 aromatic heterocycles. The van der Waals surface area contributed by atoms with Crippen molar-refractivity contribution in [2.45, 2.75) is 46.1 Å². The van der Waals surface area contributed by atoms with E-state index in [9.17, 15) is 4.79 Å². The summed E-state index contributed by atoms with van der Waals surface area (Å²) in [5, 5.41) is 8.97. The van der Waals surface area contributed by atoms with Crippen LogP contribution in [0.1, 0.15) is 38.3 Å². The second-order valence-electron chi connectivity index (χ2n) is 6.28. The summed E-state index contributed by atoms with van der Waals surface area (Å²) in [4.78, 5) is 13.8. The molecule has 118 valence electrons. The third kappa shape index (κ3) is 7.14. The van der Waals surface area contributed by atoms with Gasteiger partial charge in [0.15, 0.2) is 0 Å². The Morgan fingerprint density at radius 1 is 1.19 bits per heavy atom. The molecular weight excluding hydrogens is 266 g/mol. The topological polar surface area (TPSA) is 49.8 Å². The maximum absolute atomic E-state index is 12.2. The Morgan fingerprint density at radius 2 is 1.81 bits per heavy atom. The van der Waals surface area contributed by atoms with E-state index in [2.05, 4.69) is 31.2 Å². The monoisotopic (exact) mass is 293 g/mol. The number of hydrogen-bond donors (Lipinski definition) is 1. The van der Waals surface area contributed by atoms with Crippen LogP contribution >= 0.6 is 0 Å². The summed E-state index contributed by atoms with van der Waals surface area (Å²) >= 11 is 0. The minimum Gasteiger partial charge on any atom is -0.444 e. The Balaban J connectivity index is 2.60. The molecule has 1 amide bonds. The average molecular weight is 293 g/mol. The fourth-order valence-corrected chi connectivity index (χ4v) is 1.90. The summed E-state index contributed by atoms with van der Waals surface area (Å²) in [7, 11) is 0. The molecule has 4 heteroatoms. The van der Waals surface area contributed by atoms with Gasteiger partial charge < -0.3 is 14.7 Å². The minimum atomic E-state index is -0.502. The molecule has 0 heterocycles. The van der Waals surface area contributed by atoms with E-state index in [4.69, 9.17) is 9.84 Å². The fourth-order valence-electron chi connectivity index (χ4n) is 1.90. The number of hydrogen-bond acceptors (Lipinski definition) is 3. The molecule has 0 unspecified atom stereocenters. The van der Waals surface area contributed by atoms with Gasteiger partial charge in [0.05, 0.1) is 0 Å². The first kappa shape index (κ1) is 17.5. The summed E-state index contributed by atoms with van der Waals surface area (Å²) in [5.74, 6) is 0. The standard InChI is InChI=1S/C17H27NO3/c1-14-6-8-15(9-7-14)10-12-18(11-5-13-19)16(20)21-17(2,3)4/h6-9,19H,5,10-13H2,1-4H3. The van der Waals surface area contributed by atoms with E-state index in [-0.39, 0.29) is 12.7 Å². The van der Waals surface area contributed by atoms with Crippen LogP contribution in [0.5, 0.6) is 0 Å². The van der Waals surface area contributed by atoms with Crippen molar-refractivity contribution >= 4 is 6.09 Å². The number of amides is 1. The largest absolute Gasteiger partial charge is 0.444 e. The first-order valence-electron chi connectivity index (χ1n) is 7.46. The number of rotatable bonds is 6. The second-order valence-corrected chi connectivity index (χ2v) is 6.28. The predicted molar refractivity (Wildman–Crippen MR) is 84.4 cm³/mol. The zero-order valence-electron chi connectivity index (χ0n) is 13.6. The van der Waals surface area contributed by atoms with Gasteiger partial charge in [-0.25, -0.2) is 4.79 Å². The van der Waals surface area contributed by atoms with Crippen LogP contribution in [-0.2, 0) is 11.2 Å². The van der Waals surface area contributed by atoms with Crippen LogP contribution in [0.2, 0.25) is 0 Å². The summed E-state index contributed by atoms with van der Waals surface area (Å²) in [6.07, 6.45) is 1.03. The number of ether oxygens (including phenoxy) is 1. The number of carbonyl (C=O) groups is 1. The number of aliphatic hydroxyl groups is 1. The molecule has 1 rings (SSSR count). The highest BCUT2D eigenvalue weighted by atomic mass is 16.6. The smallest absolute Gasteiger partial charge is 0.410 e. The van der Waals surface area contributed by atoms with E-state index >= 15 is 0 Å². The third-order valence-electron chi connectivity index (χ3n) is 3.03. The summed E-state index contributed by atoms with van der Waals surface area (Å²) < 4.78 is 5.41. The van der Waals surface area contributed by atoms with Crippen molar-refractivity contribution in [1.82, 2.24) is 4.90 Å². The van der Waals surface area contributed by atoms with E-state index in [0.717, 1.165) is 6.42 Å². The van der Waals surface area contributed by atoms with Crippen molar-refractivity contribution in [1.29, 1.82) is 0 Å². The van der Waals surface area contributed by atoms with Gasteiger partial charge in [-0.15, -0.1) is 0 Å². The van der Waals surface area contributed by atoms with Crippen LogP contribution in [0.15, 0.2) is 24.3 Å². The Hall–Kier alpha value is -1.55. The highest BCUT2D eigenvalue weighted by molar-refractivity contribution is 5.68. The number of carbonyl (C=O) groups excluding carboxylic acids is 1. The molecule has 0 radical (unpaired) electrons. The molecule has 1 aromatic carbocycles. The Morgan fingerprint density at radius 3 is 2.33 bits per heavy atom. The average Bonchev–Trinajstić information content (AvgIpc) is 2.38. The highest BCUT2D eigenvalue weighted by Gasteiger charge is 2.21. The SMILES string of the molecule is Cc1ccc(CCN(CCCO)C(=O)OC(C)(C)C)cc1. The molecule has 0 atom stereocenters. The van der Waals surface area contributed by atoms with Gasteiger partial charge in [0.25, 0.3) is 0 Å². The maximum Gasteiger partial charge on any atom is 0.410 e. The summed E-state index contributed by atoms with van der Waals surface area (Å²) in [5.41, 5.74) is 1.92. The lowest BCUT2D eigenvalue weighted by Crippen LogP contribution is -2.38. The van der Waals surface area contributed by atoms with Crippen molar-refractivity contribution in [3.05, 3.63) is 35.4 Å². The van der Waals surface area contributed by atoms with Crippen molar-refractivity contribution in [3.63, 3.8) is 0 Å². The molecule has 0 spiro atoms. The van der Waals surface area contributed by atoms with Crippen LogP contribution < -0.4 is 0 Å². The van der Waals surface area contributed by atoms with E-state index in [1.807, 2.05) is 20.8 Å². The van der Waals surface area contributed by atoms with E-state index in [1.165, 1.54) is 11.1 Å². The Labute approximate surface area is 127 Å². The molecule has 0 fully saturated rings. The van der Waals surface area contributed by atoms with Gasteiger partial charge in [-0.2, -0.15) is 0 Å². The molecule has 0 aliphatic heterocycles. The van der Waals surface area contributed by atoms with Crippen LogP contribution in [0, 0.1) is 6.92 Å². The van der Waals surface area contributed by atoms with E-state index in [1.54, 1.807) is 4.90 Å². The van der Waals surface area contributed by atoms with Crippen LogP contribution in [0.4, 0.5) is 4.79 Å². The number of benzene rings is 1. The van der Waals surface area contributed by atoms with Crippen LogP contribution in [-0.4, -0.2) is 41.4 Å². The van der Waals surface area contributed by atoms with Crippen molar-refractivity contribution < 1.29 is 14.6 Å². The lowest BCUT2D eigenvalue weighted by molar-refractivity contribution is 0.0243. The van der Waals surface area contributed by atoms with Crippen LogP contribution in [0.25, 0.3) is 0 Å².